The molecule has 1 aromatic carbocycles. The van der Waals surface area contributed by atoms with Crippen LogP contribution in [0, 0.1) is 0 Å². The predicted molar refractivity (Wildman–Crippen MR) is 107 cm³/mol. The molecule has 0 aliphatic carbocycles. The number of hydrogen-bond acceptors (Lipinski definition) is 5. The predicted octanol–water partition coefficient (Wildman–Crippen LogP) is 3.88. The fourth-order valence-electron chi connectivity index (χ4n) is 3.55. The largest absolute Gasteiger partial charge is 0.504 e. The summed E-state index contributed by atoms with van der Waals surface area (Å²) in [7, 11) is -4.17. The number of sulfone groups is 1. The molecule has 0 saturated carbocycles. The molecule has 0 atom stereocenters. The molecule has 1 amide bonds. The van der Waals surface area contributed by atoms with Crippen molar-refractivity contribution >= 4 is 33.0 Å². The van der Waals surface area contributed by atoms with Crippen LogP contribution in [0.15, 0.2) is 17.0 Å². The van der Waals surface area contributed by atoms with Crippen molar-refractivity contribution in [3.63, 3.8) is 0 Å². The van der Waals surface area contributed by atoms with E-state index in [2.05, 4.69) is 0 Å². The summed E-state index contributed by atoms with van der Waals surface area (Å²) in [6, 6.07) is 2.75. The van der Waals surface area contributed by atoms with Crippen molar-refractivity contribution in [1.82, 2.24) is 0 Å². The van der Waals surface area contributed by atoms with Gasteiger partial charge >= 0.3 is 0 Å². The Morgan fingerprint density at radius 2 is 1.79 bits per heavy atom. The Morgan fingerprint density at radius 1 is 1.25 bits per heavy atom. The second kappa shape index (κ2) is 8.16. The molecule has 2 aliphatic rings. The zero-order chi connectivity index (χ0) is 21.3. The molecule has 2 fully saturated rings. The van der Waals surface area contributed by atoms with Crippen molar-refractivity contribution in [2.24, 2.45) is 0 Å². The zero-order valence-corrected chi connectivity index (χ0v) is 18.2. The third-order valence-electron chi connectivity index (χ3n) is 5.33. The number of amides is 1. The van der Waals surface area contributed by atoms with Crippen LogP contribution >= 0.6 is 11.6 Å². The molecule has 28 heavy (non-hydrogen) atoms. The Bertz CT molecular complexity index is 845. The van der Waals surface area contributed by atoms with Gasteiger partial charge in [-0.05, 0) is 45.2 Å². The van der Waals surface area contributed by atoms with Gasteiger partial charge < -0.3 is 9.84 Å². The van der Waals surface area contributed by atoms with E-state index < -0.39 is 37.4 Å². The van der Waals surface area contributed by atoms with Crippen molar-refractivity contribution in [1.29, 1.82) is 0 Å². The van der Waals surface area contributed by atoms with Gasteiger partial charge in [0.05, 0.1) is 22.1 Å². The molecule has 0 unspecified atom stereocenters. The molecule has 0 radical (unpaired) electrons. The maximum atomic E-state index is 13.4. The van der Waals surface area contributed by atoms with E-state index in [0.717, 1.165) is 0 Å². The van der Waals surface area contributed by atoms with Crippen LogP contribution in [-0.2, 0) is 19.4 Å². The molecule has 0 spiro atoms. The molecule has 0 aromatic heterocycles. The second-order valence-electron chi connectivity index (χ2n) is 7.18. The fourth-order valence-corrected chi connectivity index (χ4v) is 6.18. The molecule has 1 aromatic rings. The number of carbonyl (C=O) groups excluding carboxylic acids is 1. The molecule has 2 aliphatic heterocycles. The average Bonchev–Trinajstić information content (AvgIpc) is 3.15. The van der Waals surface area contributed by atoms with Crippen molar-refractivity contribution in [2.75, 3.05) is 24.8 Å². The highest BCUT2D eigenvalue weighted by Crippen LogP contribution is 2.50. The van der Waals surface area contributed by atoms with E-state index in [0.29, 0.717) is 0 Å². The highest BCUT2D eigenvalue weighted by Gasteiger charge is 2.57. The number of aromatic hydroxyl groups is 1. The van der Waals surface area contributed by atoms with Gasteiger partial charge in [0.1, 0.15) is 10.4 Å². The van der Waals surface area contributed by atoms with Crippen molar-refractivity contribution in [2.45, 2.75) is 62.1 Å². The number of rotatable bonds is 5. The number of hydrogen-bond donors (Lipinski definition) is 1. The number of phenols is 1. The number of nitrogens with zero attached hydrogens (tertiary/aromatic N) is 1. The van der Waals surface area contributed by atoms with Crippen LogP contribution in [0.2, 0.25) is 5.02 Å². The first kappa shape index (κ1) is 22.9. The van der Waals surface area contributed by atoms with E-state index in [1.54, 1.807) is 13.8 Å². The molecule has 9 heteroatoms. The number of alkyl halides is 1. The third-order valence-corrected chi connectivity index (χ3v) is 8.46. The third kappa shape index (κ3) is 3.50. The monoisotopic (exact) mass is 435 g/mol. The summed E-state index contributed by atoms with van der Waals surface area (Å²) in [5.74, 6) is -0.802. The minimum absolute atomic E-state index is 0.0884. The van der Waals surface area contributed by atoms with Crippen LogP contribution in [0.4, 0.5) is 10.1 Å². The second-order valence-corrected chi connectivity index (χ2v) is 9.87. The van der Waals surface area contributed by atoms with E-state index in [9.17, 15) is 22.7 Å². The van der Waals surface area contributed by atoms with Gasteiger partial charge in [-0.1, -0.05) is 25.4 Å². The van der Waals surface area contributed by atoms with E-state index in [-0.39, 0.29) is 49.1 Å². The SMILES string of the molecule is CC.CC1(C)C(=O)N1c1ccc(Cl)c(S(=O)(=O)C2(CCF)CCOCC2)c1O. The lowest BCUT2D eigenvalue weighted by molar-refractivity contribution is -0.111. The van der Waals surface area contributed by atoms with Gasteiger partial charge in [-0.15, -0.1) is 0 Å². The number of halogens is 2. The summed E-state index contributed by atoms with van der Waals surface area (Å²) in [4.78, 5) is 12.8. The van der Waals surface area contributed by atoms with Crippen LogP contribution in [0.3, 0.4) is 0 Å². The van der Waals surface area contributed by atoms with Crippen LogP contribution in [0.5, 0.6) is 5.75 Å². The van der Waals surface area contributed by atoms with Crippen molar-refractivity contribution in [3.05, 3.63) is 17.2 Å². The van der Waals surface area contributed by atoms with E-state index in [1.165, 1.54) is 17.0 Å². The molecular weight excluding hydrogens is 409 g/mol. The lowest BCUT2D eigenvalue weighted by atomic mass is 9.96. The fraction of sp³-hybridized carbons (Fsp3) is 0.632. The standard InChI is InChI=1S/C17H21ClFNO5S.C2H6/c1-16(2)15(22)20(16)12-4-3-11(18)14(13(12)21)26(23,24)17(5-8-19)6-9-25-10-7-17;1-2/h3-4,21H,5-10H2,1-2H3;1-2H3. The summed E-state index contributed by atoms with van der Waals surface area (Å²) in [6.45, 7) is 6.90. The molecule has 1 N–H and O–H groups in total. The minimum Gasteiger partial charge on any atom is -0.504 e. The molecule has 2 saturated heterocycles. The molecule has 158 valence electrons. The van der Waals surface area contributed by atoms with Crippen LogP contribution < -0.4 is 4.90 Å². The van der Waals surface area contributed by atoms with E-state index in [4.69, 9.17) is 16.3 Å². The first-order chi connectivity index (χ1) is 13.1. The van der Waals surface area contributed by atoms with Gasteiger partial charge in [0, 0.05) is 13.2 Å². The lowest BCUT2D eigenvalue weighted by Crippen LogP contribution is -2.44. The highest BCUT2D eigenvalue weighted by molar-refractivity contribution is 7.93. The molecule has 6 nitrogen and oxygen atoms in total. The summed E-state index contributed by atoms with van der Waals surface area (Å²) in [5, 5.41) is 10.5. The van der Waals surface area contributed by atoms with Crippen LogP contribution in [-0.4, -0.2) is 49.6 Å². The van der Waals surface area contributed by atoms with Gasteiger partial charge in [0.25, 0.3) is 5.91 Å². The zero-order valence-electron chi connectivity index (χ0n) is 16.6. The molecule has 3 rings (SSSR count). The van der Waals surface area contributed by atoms with Crippen LogP contribution in [0.1, 0.15) is 47.0 Å². The van der Waals surface area contributed by atoms with Gasteiger partial charge in [-0.2, -0.15) is 0 Å². The Morgan fingerprint density at radius 3 is 2.25 bits per heavy atom. The number of ether oxygens (including phenoxy) is 1. The Labute approximate surface area is 170 Å². The lowest BCUT2D eigenvalue weighted by Gasteiger charge is -2.36. The number of carbonyl (C=O) groups is 1. The van der Waals surface area contributed by atoms with E-state index >= 15 is 0 Å². The summed E-state index contributed by atoms with van der Waals surface area (Å²) in [6.07, 6.45) is 0.0353. The number of benzene rings is 1. The Balaban J connectivity index is 0.00000136. The van der Waals surface area contributed by atoms with Gasteiger partial charge in [0.2, 0.25) is 0 Å². The topological polar surface area (TPSA) is 83.7 Å². The quantitative estimate of drug-likeness (QED) is 0.709. The van der Waals surface area contributed by atoms with Gasteiger partial charge in [-0.3, -0.25) is 14.1 Å². The number of anilines is 1. The van der Waals surface area contributed by atoms with Crippen molar-refractivity contribution in [3.8, 4) is 5.75 Å². The molecular formula is C19H27ClFNO5S. The summed E-state index contributed by atoms with van der Waals surface area (Å²) in [5.41, 5.74) is -0.729. The smallest absolute Gasteiger partial charge is 0.253 e. The van der Waals surface area contributed by atoms with Gasteiger partial charge in [0.15, 0.2) is 15.6 Å². The first-order valence-electron chi connectivity index (χ1n) is 9.35. The normalized spacial score (nSPS) is 20.4. The molecule has 2 heterocycles. The van der Waals surface area contributed by atoms with Crippen molar-refractivity contribution < 1.29 is 27.4 Å². The average molecular weight is 436 g/mol. The van der Waals surface area contributed by atoms with E-state index in [1.807, 2.05) is 13.8 Å². The highest BCUT2D eigenvalue weighted by atomic mass is 35.5. The minimum atomic E-state index is -4.17. The Hall–Kier alpha value is -1.38. The first-order valence-corrected chi connectivity index (χ1v) is 11.2. The van der Waals surface area contributed by atoms with Gasteiger partial charge in [-0.25, -0.2) is 8.42 Å². The number of phenolic OH excluding ortho intramolecular Hbond substituents is 1. The maximum Gasteiger partial charge on any atom is 0.253 e. The molecule has 0 bridgehead atoms. The summed E-state index contributed by atoms with van der Waals surface area (Å²) >= 11 is 6.13. The summed E-state index contributed by atoms with van der Waals surface area (Å²) < 4.78 is 43.9. The van der Waals surface area contributed by atoms with Crippen LogP contribution in [0.25, 0.3) is 0 Å². The maximum absolute atomic E-state index is 13.4. The Kier molecular flexibility index (Phi) is 6.68.